The third-order valence-corrected chi connectivity index (χ3v) is 4.95. The van der Waals surface area contributed by atoms with Crippen molar-refractivity contribution in [2.24, 2.45) is 0 Å². The third kappa shape index (κ3) is 3.43. The number of nitrogens with zero attached hydrogens (tertiary/aromatic N) is 2. The number of aromatic nitrogens is 1. The van der Waals surface area contributed by atoms with E-state index in [1.165, 1.54) is 44.9 Å². The number of hydrogen-bond donors (Lipinski definition) is 0. The quantitative estimate of drug-likeness (QED) is 0.865. The van der Waals surface area contributed by atoms with Crippen molar-refractivity contribution in [3.63, 3.8) is 0 Å². The zero-order chi connectivity index (χ0) is 15.4. The van der Waals surface area contributed by atoms with Gasteiger partial charge >= 0.3 is 5.76 Å². The lowest BCUT2D eigenvalue weighted by Gasteiger charge is -2.29. The summed E-state index contributed by atoms with van der Waals surface area (Å²) in [5, 5.41) is 0. The molecule has 0 unspecified atom stereocenters. The molecule has 1 aromatic carbocycles. The third-order valence-electron chi connectivity index (χ3n) is 4.95. The van der Waals surface area contributed by atoms with Crippen LogP contribution in [0.1, 0.15) is 44.9 Å². The van der Waals surface area contributed by atoms with Gasteiger partial charge in [0.1, 0.15) is 0 Å². The van der Waals surface area contributed by atoms with Gasteiger partial charge in [-0.2, -0.15) is 0 Å². The van der Waals surface area contributed by atoms with Gasteiger partial charge in [0.2, 0.25) is 0 Å². The molecule has 2 aromatic rings. The second-order valence-electron chi connectivity index (χ2n) is 6.47. The first-order valence-corrected chi connectivity index (χ1v) is 8.54. The van der Waals surface area contributed by atoms with E-state index in [1.54, 1.807) is 4.57 Å². The molecule has 0 bridgehead atoms. The van der Waals surface area contributed by atoms with Crippen molar-refractivity contribution in [2.75, 3.05) is 13.6 Å². The molecule has 4 heteroatoms. The van der Waals surface area contributed by atoms with Crippen LogP contribution in [0, 0.1) is 0 Å². The fourth-order valence-electron chi connectivity index (χ4n) is 3.54. The first-order valence-electron chi connectivity index (χ1n) is 8.54. The Balaban J connectivity index is 1.65. The number of para-hydroxylation sites is 2. The summed E-state index contributed by atoms with van der Waals surface area (Å²) in [6, 6.07) is 8.32. The molecule has 4 nitrogen and oxygen atoms in total. The minimum Gasteiger partial charge on any atom is -0.408 e. The fourth-order valence-corrected chi connectivity index (χ4v) is 3.54. The van der Waals surface area contributed by atoms with Crippen LogP contribution in [-0.2, 0) is 6.54 Å². The number of fused-ring (bicyclic) bond motifs is 1. The fraction of sp³-hybridized carbons (Fsp3) is 0.611. The van der Waals surface area contributed by atoms with Crippen molar-refractivity contribution in [3.8, 4) is 0 Å². The minimum atomic E-state index is -0.243. The number of rotatable bonds is 4. The Morgan fingerprint density at radius 1 is 1.14 bits per heavy atom. The summed E-state index contributed by atoms with van der Waals surface area (Å²) in [6.07, 6.45) is 9.39. The molecule has 0 atom stereocenters. The lowest BCUT2D eigenvalue weighted by Crippen LogP contribution is -2.35. The van der Waals surface area contributed by atoms with E-state index in [-0.39, 0.29) is 5.76 Å². The van der Waals surface area contributed by atoms with Gasteiger partial charge in [-0.3, -0.25) is 4.57 Å². The smallest absolute Gasteiger partial charge is 0.408 e. The van der Waals surface area contributed by atoms with Crippen molar-refractivity contribution in [1.82, 2.24) is 9.47 Å². The summed E-state index contributed by atoms with van der Waals surface area (Å²) < 4.78 is 7.06. The lowest BCUT2D eigenvalue weighted by atomic mass is 9.96. The average molecular weight is 302 g/mol. The molecule has 1 aromatic heterocycles. The molecule has 1 heterocycles. The van der Waals surface area contributed by atoms with Crippen LogP contribution in [0.4, 0.5) is 0 Å². The summed E-state index contributed by atoms with van der Waals surface area (Å²) in [4.78, 5) is 14.4. The first kappa shape index (κ1) is 15.3. The molecule has 1 saturated carbocycles. The molecular weight excluding hydrogens is 276 g/mol. The Labute approximate surface area is 131 Å². The van der Waals surface area contributed by atoms with Gasteiger partial charge < -0.3 is 9.32 Å². The monoisotopic (exact) mass is 302 g/mol. The van der Waals surface area contributed by atoms with Gasteiger partial charge in [0.25, 0.3) is 0 Å². The summed E-state index contributed by atoms with van der Waals surface area (Å²) in [7, 11) is 2.19. The molecular formula is C18H26N2O2. The first-order chi connectivity index (χ1) is 10.8. The van der Waals surface area contributed by atoms with Crippen molar-refractivity contribution >= 4 is 11.1 Å². The Kier molecular flexibility index (Phi) is 4.98. The molecule has 1 fully saturated rings. The molecule has 1 aliphatic carbocycles. The van der Waals surface area contributed by atoms with Crippen molar-refractivity contribution < 1.29 is 4.42 Å². The van der Waals surface area contributed by atoms with Crippen LogP contribution in [0.5, 0.6) is 0 Å². The molecule has 1 aliphatic rings. The minimum absolute atomic E-state index is 0.243. The van der Waals surface area contributed by atoms with E-state index in [9.17, 15) is 4.79 Å². The van der Waals surface area contributed by atoms with Crippen molar-refractivity contribution in [2.45, 2.75) is 57.5 Å². The normalized spacial score (nSPS) is 17.7. The van der Waals surface area contributed by atoms with E-state index in [2.05, 4.69) is 11.9 Å². The van der Waals surface area contributed by atoms with Gasteiger partial charge in [-0.25, -0.2) is 4.79 Å². The summed E-state index contributed by atoms with van der Waals surface area (Å²) in [5.74, 6) is -0.243. The highest BCUT2D eigenvalue weighted by molar-refractivity contribution is 5.72. The van der Waals surface area contributed by atoms with Gasteiger partial charge in [-0.15, -0.1) is 0 Å². The highest BCUT2D eigenvalue weighted by Crippen LogP contribution is 2.20. The predicted octanol–water partition coefficient (Wildman–Crippen LogP) is 3.64. The number of likely N-dealkylation sites (N-methyl/N-ethyl adjacent to an activating group) is 1. The second kappa shape index (κ2) is 7.14. The van der Waals surface area contributed by atoms with Gasteiger partial charge in [-0.1, -0.05) is 44.2 Å². The average Bonchev–Trinajstić information content (AvgIpc) is 2.80. The largest absolute Gasteiger partial charge is 0.419 e. The molecule has 3 rings (SSSR count). The summed E-state index contributed by atoms with van der Waals surface area (Å²) in [6.45, 7) is 1.59. The van der Waals surface area contributed by atoms with Crippen LogP contribution >= 0.6 is 0 Å². The molecule has 0 spiro atoms. The van der Waals surface area contributed by atoms with Crippen LogP contribution in [0.3, 0.4) is 0 Å². The standard InChI is InChI=1S/C18H26N2O2/c1-19(15-9-5-3-2-4-6-10-15)13-14-20-16-11-7-8-12-17(16)22-18(20)21/h7-8,11-12,15H,2-6,9-10,13-14H2,1H3. The SMILES string of the molecule is CN(CCn1c(=O)oc2ccccc21)C1CCCCCCC1. The Morgan fingerprint density at radius 2 is 1.82 bits per heavy atom. The molecule has 0 amide bonds. The van der Waals surface area contributed by atoms with Gasteiger partial charge in [-0.05, 0) is 32.0 Å². The predicted molar refractivity (Wildman–Crippen MR) is 89.2 cm³/mol. The van der Waals surface area contributed by atoms with Gasteiger partial charge in [0, 0.05) is 19.1 Å². The zero-order valence-corrected chi connectivity index (χ0v) is 13.5. The van der Waals surface area contributed by atoms with Crippen LogP contribution in [0.25, 0.3) is 11.1 Å². The lowest BCUT2D eigenvalue weighted by molar-refractivity contribution is 0.196. The molecule has 22 heavy (non-hydrogen) atoms. The Morgan fingerprint density at radius 3 is 2.59 bits per heavy atom. The van der Waals surface area contributed by atoms with E-state index < -0.39 is 0 Å². The Bertz CT molecular complexity index is 650. The van der Waals surface area contributed by atoms with Gasteiger partial charge in [0.05, 0.1) is 5.52 Å². The van der Waals surface area contributed by atoms with Crippen LogP contribution in [0.15, 0.2) is 33.5 Å². The van der Waals surface area contributed by atoms with Crippen LogP contribution in [-0.4, -0.2) is 29.1 Å². The number of oxazole rings is 1. The zero-order valence-electron chi connectivity index (χ0n) is 13.5. The van der Waals surface area contributed by atoms with Crippen LogP contribution in [0.2, 0.25) is 0 Å². The van der Waals surface area contributed by atoms with Crippen molar-refractivity contribution in [1.29, 1.82) is 0 Å². The molecule has 0 aliphatic heterocycles. The van der Waals surface area contributed by atoms with E-state index in [1.807, 2.05) is 24.3 Å². The maximum atomic E-state index is 12.0. The second-order valence-corrected chi connectivity index (χ2v) is 6.47. The molecule has 0 radical (unpaired) electrons. The van der Waals surface area contributed by atoms with Crippen molar-refractivity contribution in [3.05, 3.63) is 34.8 Å². The maximum absolute atomic E-state index is 12.0. The highest BCUT2D eigenvalue weighted by atomic mass is 16.4. The molecule has 120 valence electrons. The van der Waals surface area contributed by atoms with E-state index in [0.717, 1.165) is 12.1 Å². The maximum Gasteiger partial charge on any atom is 0.419 e. The van der Waals surface area contributed by atoms with E-state index >= 15 is 0 Å². The molecule has 0 N–H and O–H groups in total. The van der Waals surface area contributed by atoms with E-state index in [0.29, 0.717) is 18.2 Å². The number of benzene rings is 1. The van der Waals surface area contributed by atoms with Crippen LogP contribution < -0.4 is 5.76 Å². The topological polar surface area (TPSA) is 38.4 Å². The highest BCUT2D eigenvalue weighted by Gasteiger charge is 2.17. The Hall–Kier alpha value is -1.55. The van der Waals surface area contributed by atoms with E-state index in [4.69, 9.17) is 4.42 Å². The molecule has 0 saturated heterocycles. The summed E-state index contributed by atoms with van der Waals surface area (Å²) in [5.41, 5.74) is 1.58. The van der Waals surface area contributed by atoms with Gasteiger partial charge in [0.15, 0.2) is 5.58 Å². The summed E-state index contributed by atoms with van der Waals surface area (Å²) >= 11 is 0. The number of hydrogen-bond acceptors (Lipinski definition) is 3.